The summed E-state index contributed by atoms with van der Waals surface area (Å²) in [6, 6.07) is 12.2. The Bertz CT molecular complexity index is 772. The van der Waals surface area contributed by atoms with E-state index >= 15 is 0 Å². The van der Waals surface area contributed by atoms with E-state index in [2.05, 4.69) is 32.4 Å². The summed E-state index contributed by atoms with van der Waals surface area (Å²) in [5.74, 6) is 0.427. The average molecular weight is 352 g/mol. The molecule has 2 aromatic carbocycles. The molecule has 0 unspecified atom stereocenters. The van der Waals surface area contributed by atoms with Crippen LogP contribution in [-0.2, 0) is 10.0 Å². The monoisotopic (exact) mass is 351 g/mol. The van der Waals surface area contributed by atoms with Crippen LogP contribution in [0.4, 0.5) is 5.69 Å². The summed E-state index contributed by atoms with van der Waals surface area (Å²) in [4.78, 5) is 0.165. The molecule has 0 spiro atoms. The molecule has 0 aromatic heterocycles. The molecular weight excluding hydrogens is 330 g/mol. The van der Waals surface area contributed by atoms with Gasteiger partial charge in [-0.2, -0.15) is 0 Å². The van der Waals surface area contributed by atoms with Crippen LogP contribution in [0.1, 0.15) is 50.7 Å². The molecule has 0 saturated carbocycles. The first kappa shape index (κ1) is 17.8. The molecule has 2 aromatic rings. The molecule has 0 fully saturated rings. The highest BCUT2D eigenvalue weighted by Crippen LogP contribution is 2.34. The second-order valence-corrected chi connectivity index (χ2v) is 8.30. The zero-order valence-corrected chi connectivity index (χ0v) is 15.4. The molecule has 2 rings (SSSR count). The Morgan fingerprint density at radius 1 is 0.913 bits per heavy atom. The van der Waals surface area contributed by atoms with Crippen molar-refractivity contribution in [2.24, 2.45) is 0 Å². The summed E-state index contributed by atoms with van der Waals surface area (Å²) < 4.78 is 28.2. The van der Waals surface area contributed by atoms with E-state index in [-0.39, 0.29) is 16.7 Å². The first-order valence-electron chi connectivity index (χ1n) is 7.63. The van der Waals surface area contributed by atoms with Gasteiger partial charge in [0.15, 0.2) is 0 Å². The molecule has 0 aliphatic carbocycles. The maximum Gasteiger partial charge on any atom is 0.261 e. The van der Waals surface area contributed by atoms with Gasteiger partial charge < -0.3 is 0 Å². The lowest BCUT2D eigenvalue weighted by Crippen LogP contribution is -2.16. The number of hydrogen-bond donors (Lipinski definition) is 1. The normalized spacial score (nSPS) is 12.0. The van der Waals surface area contributed by atoms with Crippen molar-refractivity contribution in [3.05, 3.63) is 58.6 Å². The van der Waals surface area contributed by atoms with E-state index in [4.69, 9.17) is 11.6 Å². The summed E-state index contributed by atoms with van der Waals surface area (Å²) in [7, 11) is -3.68. The molecule has 23 heavy (non-hydrogen) atoms. The van der Waals surface area contributed by atoms with Gasteiger partial charge in [-0.25, -0.2) is 8.42 Å². The van der Waals surface area contributed by atoms with Gasteiger partial charge in [0.1, 0.15) is 0 Å². The maximum atomic E-state index is 12.7. The van der Waals surface area contributed by atoms with Crippen molar-refractivity contribution >= 4 is 27.3 Å². The van der Waals surface area contributed by atoms with Crippen LogP contribution >= 0.6 is 11.6 Å². The number of halogens is 1. The van der Waals surface area contributed by atoms with Crippen LogP contribution in [0.25, 0.3) is 0 Å². The van der Waals surface area contributed by atoms with Gasteiger partial charge in [-0.3, -0.25) is 4.72 Å². The summed E-state index contributed by atoms with van der Waals surface area (Å²) >= 11 is 5.93. The van der Waals surface area contributed by atoms with E-state index in [0.717, 1.165) is 11.1 Å². The van der Waals surface area contributed by atoms with Crippen LogP contribution < -0.4 is 4.72 Å². The number of hydrogen-bond acceptors (Lipinski definition) is 2. The predicted octanol–water partition coefficient (Wildman–Crippen LogP) is 5.39. The number of rotatable bonds is 5. The highest BCUT2D eigenvalue weighted by molar-refractivity contribution is 7.92. The van der Waals surface area contributed by atoms with Crippen LogP contribution in [0, 0.1) is 0 Å². The largest absolute Gasteiger partial charge is 0.279 e. The Morgan fingerprint density at radius 2 is 1.43 bits per heavy atom. The number of para-hydroxylation sites is 1. The molecule has 0 atom stereocenters. The first-order valence-corrected chi connectivity index (χ1v) is 9.49. The molecule has 3 nitrogen and oxygen atoms in total. The maximum absolute atomic E-state index is 12.7. The van der Waals surface area contributed by atoms with Crippen molar-refractivity contribution in [1.82, 2.24) is 0 Å². The van der Waals surface area contributed by atoms with Crippen molar-refractivity contribution in [3.63, 3.8) is 0 Å². The first-order chi connectivity index (χ1) is 10.7. The van der Waals surface area contributed by atoms with Gasteiger partial charge in [0.25, 0.3) is 10.0 Å². The minimum Gasteiger partial charge on any atom is -0.279 e. The van der Waals surface area contributed by atoms with Gasteiger partial charge in [-0.05, 0) is 41.2 Å². The second-order valence-electron chi connectivity index (χ2n) is 6.18. The van der Waals surface area contributed by atoms with Crippen LogP contribution in [0.5, 0.6) is 0 Å². The highest BCUT2D eigenvalue weighted by atomic mass is 35.5. The van der Waals surface area contributed by atoms with Crippen molar-refractivity contribution in [2.75, 3.05) is 4.72 Å². The highest BCUT2D eigenvalue weighted by Gasteiger charge is 2.20. The van der Waals surface area contributed by atoms with Crippen molar-refractivity contribution in [2.45, 2.75) is 44.4 Å². The molecule has 124 valence electrons. The van der Waals surface area contributed by atoms with E-state index in [1.54, 1.807) is 18.2 Å². The Morgan fingerprint density at radius 3 is 1.91 bits per heavy atom. The third-order valence-corrected chi connectivity index (χ3v) is 5.30. The van der Waals surface area contributed by atoms with Gasteiger partial charge in [0.05, 0.1) is 10.6 Å². The van der Waals surface area contributed by atoms with Crippen LogP contribution in [0.15, 0.2) is 47.4 Å². The van der Waals surface area contributed by atoms with Gasteiger partial charge >= 0.3 is 0 Å². The number of benzene rings is 2. The fourth-order valence-electron chi connectivity index (χ4n) is 2.50. The molecule has 0 aliphatic heterocycles. The molecule has 0 heterocycles. The second kappa shape index (κ2) is 6.93. The van der Waals surface area contributed by atoms with E-state index in [9.17, 15) is 8.42 Å². The van der Waals surface area contributed by atoms with Crippen LogP contribution in [0.3, 0.4) is 0 Å². The summed E-state index contributed by atoms with van der Waals surface area (Å²) in [5.41, 5.74) is 2.65. The van der Waals surface area contributed by atoms with Crippen LogP contribution in [0.2, 0.25) is 5.02 Å². The van der Waals surface area contributed by atoms with E-state index < -0.39 is 10.0 Å². The van der Waals surface area contributed by atoms with Gasteiger partial charge in [-0.1, -0.05) is 63.6 Å². The zero-order chi connectivity index (χ0) is 17.2. The third-order valence-electron chi connectivity index (χ3n) is 3.72. The van der Waals surface area contributed by atoms with E-state index in [0.29, 0.717) is 10.7 Å². The Kier molecular flexibility index (Phi) is 5.37. The van der Waals surface area contributed by atoms with Crippen molar-refractivity contribution in [1.29, 1.82) is 0 Å². The fraction of sp³-hybridized carbons (Fsp3) is 0.333. The van der Waals surface area contributed by atoms with Crippen molar-refractivity contribution in [3.8, 4) is 0 Å². The summed E-state index contributed by atoms with van der Waals surface area (Å²) in [5, 5.41) is 0.397. The number of sulfonamides is 1. The molecular formula is C18H22ClNO2S. The Hall–Kier alpha value is -1.52. The lowest BCUT2D eigenvalue weighted by atomic mass is 9.93. The van der Waals surface area contributed by atoms with E-state index in [1.165, 1.54) is 6.07 Å². The molecule has 5 heteroatoms. The quantitative estimate of drug-likeness (QED) is 0.785. The molecule has 0 saturated heterocycles. The van der Waals surface area contributed by atoms with Gasteiger partial charge in [0, 0.05) is 5.02 Å². The van der Waals surface area contributed by atoms with Crippen LogP contribution in [-0.4, -0.2) is 8.42 Å². The SMILES string of the molecule is CC(C)c1cccc(C(C)C)c1NS(=O)(=O)c1cccc(Cl)c1. The fourth-order valence-corrected chi connectivity index (χ4v) is 3.91. The zero-order valence-electron chi connectivity index (χ0n) is 13.8. The van der Waals surface area contributed by atoms with Gasteiger partial charge in [0.2, 0.25) is 0 Å². The topological polar surface area (TPSA) is 46.2 Å². The smallest absolute Gasteiger partial charge is 0.261 e. The summed E-state index contributed by atoms with van der Waals surface area (Å²) in [6.45, 7) is 8.21. The van der Waals surface area contributed by atoms with Crippen molar-refractivity contribution < 1.29 is 8.42 Å². The minimum atomic E-state index is -3.68. The number of nitrogens with one attached hydrogen (secondary N) is 1. The number of anilines is 1. The Labute approximate surface area is 143 Å². The minimum absolute atomic E-state index is 0.165. The molecule has 0 bridgehead atoms. The summed E-state index contributed by atoms with van der Waals surface area (Å²) in [6.07, 6.45) is 0. The molecule has 0 aliphatic rings. The third kappa shape index (κ3) is 4.06. The average Bonchev–Trinajstić information content (AvgIpc) is 2.46. The molecule has 0 radical (unpaired) electrons. The standard InChI is InChI=1S/C18H22ClNO2S/c1-12(2)16-9-6-10-17(13(3)4)18(16)20-23(21,22)15-8-5-7-14(19)11-15/h5-13,20H,1-4H3. The predicted molar refractivity (Wildman–Crippen MR) is 96.9 cm³/mol. The lowest BCUT2D eigenvalue weighted by Gasteiger charge is -2.20. The Balaban J connectivity index is 2.54. The molecule has 1 N–H and O–H groups in total. The van der Waals surface area contributed by atoms with Gasteiger partial charge in [-0.15, -0.1) is 0 Å². The molecule has 0 amide bonds. The lowest BCUT2D eigenvalue weighted by molar-refractivity contribution is 0.601. The van der Waals surface area contributed by atoms with E-state index in [1.807, 2.05) is 18.2 Å².